The van der Waals surface area contributed by atoms with E-state index in [1.807, 2.05) is 30.3 Å². The third-order valence-electron chi connectivity index (χ3n) is 3.13. The van der Waals surface area contributed by atoms with Crippen molar-refractivity contribution in [2.75, 3.05) is 59.5 Å². The zero-order valence-electron chi connectivity index (χ0n) is 14.8. The molecule has 0 spiro atoms. The van der Waals surface area contributed by atoms with Crippen molar-refractivity contribution < 1.29 is 36.9 Å². The molecule has 0 aromatic heterocycles. The summed E-state index contributed by atoms with van der Waals surface area (Å²) in [6.45, 7) is 3.32. The maximum Gasteiger partial charge on any atom is 0.391 e. The van der Waals surface area contributed by atoms with Gasteiger partial charge in [0.05, 0.1) is 72.5 Å². The van der Waals surface area contributed by atoms with Crippen molar-refractivity contribution in [1.29, 1.82) is 0 Å². The molecule has 150 valence electrons. The van der Waals surface area contributed by atoms with Crippen LogP contribution >= 0.6 is 0 Å². The van der Waals surface area contributed by atoms with Crippen LogP contribution in [0.5, 0.6) is 0 Å². The van der Waals surface area contributed by atoms with E-state index < -0.39 is 12.6 Å². The van der Waals surface area contributed by atoms with Gasteiger partial charge in [-0.05, 0) is 5.56 Å². The van der Waals surface area contributed by atoms with Crippen LogP contribution in [0.3, 0.4) is 0 Å². The molecule has 0 N–H and O–H groups in total. The van der Waals surface area contributed by atoms with Crippen molar-refractivity contribution in [1.82, 2.24) is 0 Å². The first-order valence-corrected chi connectivity index (χ1v) is 8.57. The molecule has 0 atom stereocenters. The molecule has 0 aliphatic heterocycles. The molecule has 0 fully saturated rings. The van der Waals surface area contributed by atoms with Crippen LogP contribution in [-0.2, 0) is 30.3 Å². The van der Waals surface area contributed by atoms with Crippen molar-refractivity contribution in [2.24, 2.45) is 0 Å². The number of ether oxygens (including phenoxy) is 5. The lowest BCUT2D eigenvalue weighted by molar-refractivity contribution is -0.146. The number of benzene rings is 1. The van der Waals surface area contributed by atoms with Gasteiger partial charge in [-0.1, -0.05) is 30.3 Å². The van der Waals surface area contributed by atoms with Crippen LogP contribution in [0.15, 0.2) is 30.3 Å². The summed E-state index contributed by atoms with van der Waals surface area (Å²) in [6.07, 6.45) is -5.11. The van der Waals surface area contributed by atoms with Crippen LogP contribution in [0, 0.1) is 0 Å². The van der Waals surface area contributed by atoms with Gasteiger partial charge in [-0.25, -0.2) is 0 Å². The second kappa shape index (κ2) is 14.9. The van der Waals surface area contributed by atoms with E-state index in [9.17, 15) is 13.2 Å². The van der Waals surface area contributed by atoms with Crippen LogP contribution in [0.25, 0.3) is 0 Å². The monoisotopic (exact) mass is 380 g/mol. The Morgan fingerprint density at radius 3 is 1.46 bits per heavy atom. The van der Waals surface area contributed by atoms with Gasteiger partial charge in [-0.3, -0.25) is 0 Å². The van der Waals surface area contributed by atoms with Crippen LogP contribution in [0.2, 0.25) is 0 Å². The van der Waals surface area contributed by atoms with Gasteiger partial charge in [0.1, 0.15) is 0 Å². The maximum absolute atomic E-state index is 11.8. The van der Waals surface area contributed by atoms with Crippen molar-refractivity contribution in [3.8, 4) is 0 Å². The Bertz CT molecular complexity index is 429. The summed E-state index contributed by atoms with van der Waals surface area (Å²) in [5.74, 6) is 0. The summed E-state index contributed by atoms with van der Waals surface area (Å²) < 4.78 is 61.7. The molecule has 0 bridgehead atoms. The summed E-state index contributed by atoms with van der Waals surface area (Å²) in [7, 11) is 0. The van der Waals surface area contributed by atoms with Gasteiger partial charge in [0, 0.05) is 0 Å². The lowest BCUT2D eigenvalue weighted by atomic mass is 10.2. The number of hydrogen-bond donors (Lipinski definition) is 0. The highest BCUT2D eigenvalue weighted by Gasteiger charge is 2.26. The molecule has 0 saturated heterocycles. The highest BCUT2D eigenvalue weighted by Crippen LogP contribution is 2.18. The minimum Gasteiger partial charge on any atom is -0.379 e. The smallest absolute Gasteiger partial charge is 0.379 e. The zero-order valence-corrected chi connectivity index (χ0v) is 14.8. The summed E-state index contributed by atoms with van der Waals surface area (Å²) in [4.78, 5) is 0. The van der Waals surface area contributed by atoms with Gasteiger partial charge >= 0.3 is 6.18 Å². The number of rotatable bonds is 16. The van der Waals surface area contributed by atoms with E-state index in [2.05, 4.69) is 0 Å². The summed E-state index contributed by atoms with van der Waals surface area (Å²) in [6, 6.07) is 9.91. The van der Waals surface area contributed by atoms with E-state index in [1.54, 1.807) is 0 Å². The van der Waals surface area contributed by atoms with Crippen molar-refractivity contribution in [3.05, 3.63) is 35.9 Å². The van der Waals surface area contributed by atoms with Gasteiger partial charge in [0.25, 0.3) is 0 Å². The Kier molecular flexibility index (Phi) is 13.1. The molecule has 1 aromatic carbocycles. The summed E-state index contributed by atoms with van der Waals surface area (Å²) >= 11 is 0. The third kappa shape index (κ3) is 15.1. The van der Waals surface area contributed by atoms with Gasteiger partial charge in [0.15, 0.2) is 0 Å². The summed E-state index contributed by atoms with van der Waals surface area (Å²) in [5, 5.41) is 0. The average Bonchev–Trinajstić information content (AvgIpc) is 2.61. The van der Waals surface area contributed by atoms with E-state index in [1.165, 1.54) is 0 Å². The predicted octanol–water partition coefficient (Wildman–Crippen LogP) is 3.22. The average molecular weight is 380 g/mol. The highest BCUT2D eigenvalue weighted by atomic mass is 19.4. The molecule has 0 amide bonds. The molecule has 1 aromatic rings. The van der Waals surface area contributed by atoms with Crippen molar-refractivity contribution in [2.45, 2.75) is 19.2 Å². The fraction of sp³-hybridized carbons (Fsp3) is 0.667. The molecule has 0 unspecified atom stereocenters. The Hall–Kier alpha value is -1.19. The lowest BCUT2D eigenvalue weighted by Crippen LogP contribution is -2.15. The Balaban J connectivity index is 1.72. The fourth-order valence-electron chi connectivity index (χ4n) is 1.83. The SMILES string of the molecule is FC(F)(F)CCOCCOCCOCCOCCOCc1ccccc1. The van der Waals surface area contributed by atoms with Crippen LogP contribution < -0.4 is 0 Å². The number of hydrogen-bond acceptors (Lipinski definition) is 5. The van der Waals surface area contributed by atoms with Gasteiger partial charge in [0.2, 0.25) is 0 Å². The van der Waals surface area contributed by atoms with Crippen LogP contribution in [0.4, 0.5) is 13.2 Å². The molecule has 5 nitrogen and oxygen atoms in total. The molecule has 0 heterocycles. The first-order valence-electron chi connectivity index (χ1n) is 8.57. The predicted molar refractivity (Wildman–Crippen MR) is 90.0 cm³/mol. The molecule has 8 heteroatoms. The third-order valence-corrected chi connectivity index (χ3v) is 3.13. The Morgan fingerprint density at radius 2 is 1.00 bits per heavy atom. The normalized spacial score (nSPS) is 11.8. The zero-order chi connectivity index (χ0) is 18.9. The highest BCUT2D eigenvalue weighted by molar-refractivity contribution is 5.13. The second-order valence-electron chi connectivity index (χ2n) is 5.35. The van der Waals surface area contributed by atoms with E-state index in [-0.39, 0.29) is 19.8 Å². The van der Waals surface area contributed by atoms with E-state index in [0.717, 1.165) is 5.56 Å². The molecule has 0 aliphatic carbocycles. The van der Waals surface area contributed by atoms with Gasteiger partial charge in [-0.2, -0.15) is 13.2 Å². The molecule has 0 radical (unpaired) electrons. The molecular formula is C18H27F3O5. The van der Waals surface area contributed by atoms with E-state index >= 15 is 0 Å². The largest absolute Gasteiger partial charge is 0.391 e. The number of halogens is 3. The van der Waals surface area contributed by atoms with Crippen LogP contribution in [-0.4, -0.2) is 65.6 Å². The van der Waals surface area contributed by atoms with E-state index in [4.69, 9.17) is 23.7 Å². The van der Waals surface area contributed by atoms with E-state index in [0.29, 0.717) is 46.2 Å². The fourth-order valence-corrected chi connectivity index (χ4v) is 1.83. The molecule has 0 aliphatic rings. The summed E-state index contributed by atoms with van der Waals surface area (Å²) in [5.41, 5.74) is 1.13. The topological polar surface area (TPSA) is 46.2 Å². The van der Waals surface area contributed by atoms with Crippen molar-refractivity contribution in [3.63, 3.8) is 0 Å². The maximum atomic E-state index is 11.8. The van der Waals surface area contributed by atoms with Gasteiger partial charge < -0.3 is 23.7 Å². The molecule has 0 saturated carbocycles. The van der Waals surface area contributed by atoms with Gasteiger partial charge in [-0.15, -0.1) is 0 Å². The number of alkyl halides is 3. The molecule has 1 rings (SSSR count). The minimum atomic E-state index is -4.18. The lowest BCUT2D eigenvalue weighted by Gasteiger charge is -2.08. The molecular weight excluding hydrogens is 353 g/mol. The van der Waals surface area contributed by atoms with Crippen molar-refractivity contribution >= 4 is 0 Å². The standard InChI is InChI=1S/C18H27F3O5/c19-18(20,21)6-7-22-8-9-23-10-11-24-12-13-25-14-15-26-16-17-4-2-1-3-5-17/h1-5H,6-16H2. The van der Waals surface area contributed by atoms with Crippen LogP contribution in [0.1, 0.15) is 12.0 Å². The Labute approximate surface area is 152 Å². The minimum absolute atomic E-state index is 0.141. The molecule has 26 heavy (non-hydrogen) atoms. The Morgan fingerprint density at radius 1 is 0.577 bits per heavy atom. The second-order valence-corrected chi connectivity index (χ2v) is 5.35. The first kappa shape index (κ1) is 22.9. The quantitative estimate of drug-likeness (QED) is 0.412. The first-order chi connectivity index (χ1) is 12.6.